The van der Waals surface area contributed by atoms with Gasteiger partial charge in [-0.25, -0.2) is 0 Å². The molecule has 1 aromatic heterocycles. The average molecular weight is 705 g/mol. The van der Waals surface area contributed by atoms with Gasteiger partial charge in [0.05, 0.1) is 35.5 Å². The molecule has 2 aliphatic rings. The van der Waals surface area contributed by atoms with E-state index >= 15 is 0 Å². The van der Waals surface area contributed by atoms with Crippen LogP contribution in [0.5, 0.6) is 34.5 Å². The fraction of sp³-hybridized carbons (Fsp3) is 0.324. The summed E-state index contributed by atoms with van der Waals surface area (Å²) in [6, 6.07) is 12.3. The van der Waals surface area contributed by atoms with Gasteiger partial charge in [-0.1, -0.05) is 30.7 Å². The number of halogens is 1. The summed E-state index contributed by atoms with van der Waals surface area (Å²) in [5.74, 6) is -2.97. The number of carbonyl (C=O) groups excluding carboxylic acids is 3. The topological polar surface area (TPSA) is 155 Å². The second-order valence-corrected chi connectivity index (χ2v) is 12.5. The molecule has 0 saturated carbocycles. The summed E-state index contributed by atoms with van der Waals surface area (Å²) in [7, 11) is 7.12. The molecule has 0 radical (unpaired) electrons. The first-order valence-corrected chi connectivity index (χ1v) is 16.2. The first kappa shape index (κ1) is 34.5. The van der Waals surface area contributed by atoms with Crippen LogP contribution in [0.1, 0.15) is 47.2 Å². The van der Waals surface area contributed by atoms with Crippen molar-refractivity contribution in [2.45, 2.75) is 37.8 Å². The Morgan fingerprint density at radius 1 is 1.00 bits per heavy atom. The molecular formula is C37H37ClN2O10. The molecule has 12 nitrogen and oxygen atoms in total. The van der Waals surface area contributed by atoms with Crippen LogP contribution in [-0.2, 0) is 16.1 Å². The lowest BCUT2D eigenvalue weighted by atomic mass is 9.69. The lowest BCUT2D eigenvalue weighted by Crippen LogP contribution is -2.53. The predicted molar refractivity (Wildman–Crippen MR) is 184 cm³/mol. The van der Waals surface area contributed by atoms with Crippen LogP contribution in [0.3, 0.4) is 0 Å². The van der Waals surface area contributed by atoms with E-state index in [-0.39, 0.29) is 64.3 Å². The number of fused-ring (bicyclic) bond motifs is 2. The lowest BCUT2D eigenvalue weighted by Gasteiger charge is -2.38. The van der Waals surface area contributed by atoms with Gasteiger partial charge in [-0.2, -0.15) is 0 Å². The second kappa shape index (κ2) is 13.5. The molecule has 50 heavy (non-hydrogen) atoms. The van der Waals surface area contributed by atoms with E-state index in [0.717, 1.165) is 16.5 Å². The number of benzene rings is 3. The number of ether oxygens (including phenoxy) is 6. The van der Waals surface area contributed by atoms with E-state index in [1.807, 2.05) is 30.5 Å². The third kappa shape index (κ3) is 5.43. The summed E-state index contributed by atoms with van der Waals surface area (Å²) in [4.78, 5) is 45.5. The molecule has 0 saturated heterocycles. The Morgan fingerprint density at radius 2 is 1.68 bits per heavy atom. The van der Waals surface area contributed by atoms with Gasteiger partial charge < -0.3 is 43.8 Å². The predicted octanol–water partition coefficient (Wildman–Crippen LogP) is 6.09. The zero-order valence-corrected chi connectivity index (χ0v) is 29.2. The molecule has 0 bridgehead atoms. The van der Waals surface area contributed by atoms with Crippen LogP contribution in [0.4, 0.5) is 0 Å². The van der Waals surface area contributed by atoms with Crippen molar-refractivity contribution in [1.82, 2.24) is 10.3 Å². The number of ketones is 2. The minimum atomic E-state index is -2.05. The number of hydrogen-bond donors (Lipinski definition) is 3. The Morgan fingerprint density at radius 3 is 2.32 bits per heavy atom. The molecule has 1 spiro atoms. The van der Waals surface area contributed by atoms with Crippen molar-refractivity contribution in [3.8, 4) is 34.5 Å². The van der Waals surface area contributed by atoms with Crippen LogP contribution in [-0.4, -0.2) is 68.7 Å². The van der Waals surface area contributed by atoms with Gasteiger partial charge >= 0.3 is 0 Å². The number of rotatable bonds is 11. The van der Waals surface area contributed by atoms with Crippen LogP contribution >= 0.6 is 11.6 Å². The van der Waals surface area contributed by atoms with E-state index in [9.17, 15) is 19.5 Å². The van der Waals surface area contributed by atoms with Gasteiger partial charge in [0.2, 0.25) is 23.0 Å². The number of Topliss-reactive ketones (excluding diaryl/α,β-unsaturated/α-hetero) is 2. The van der Waals surface area contributed by atoms with Crippen molar-refractivity contribution in [1.29, 1.82) is 0 Å². The maximum atomic E-state index is 14.4. The second-order valence-electron chi connectivity index (χ2n) is 12.1. The van der Waals surface area contributed by atoms with E-state index in [4.69, 9.17) is 40.0 Å². The van der Waals surface area contributed by atoms with Gasteiger partial charge in [-0.15, -0.1) is 0 Å². The summed E-state index contributed by atoms with van der Waals surface area (Å²) in [6.45, 7) is 1.84. The van der Waals surface area contributed by atoms with Crippen LogP contribution in [0, 0.1) is 5.92 Å². The SMILES string of the molecule is COc1cc(OC)c2c(c1Cl)OC1(C2=O)C(O)=C(C(CC(=O)NCc2cccc3[nH]ccc23)c2cc(OC)c(OC)c(OC)c2)C(=O)CC1C. The van der Waals surface area contributed by atoms with Gasteiger partial charge in [-0.05, 0) is 35.4 Å². The van der Waals surface area contributed by atoms with Crippen molar-refractivity contribution in [2.24, 2.45) is 5.92 Å². The molecule has 3 unspecified atom stereocenters. The van der Waals surface area contributed by atoms with E-state index in [2.05, 4.69) is 10.3 Å². The number of aromatic nitrogens is 1. The highest BCUT2D eigenvalue weighted by atomic mass is 35.5. The summed E-state index contributed by atoms with van der Waals surface area (Å²) in [6.07, 6.45) is 1.34. The molecule has 1 aliphatic heterocycles. The maximum absolute atomic E-state index is 14.4. The van der Waals surface area contributed by atoms with Gasteiger partial charge in [0.1, 0.15) is 22.1 Å². The molecule has 262 valence electrons. The zero-order valence-electron chi connectivity index (χ0n) is 28.4. The Kier molecular flexibility index (Phi) is 9.32. The van der Waals surface area contributed by atoms with E-state index in [1.165, 1.54) is 41.6 Å². The van der Waals surface area contributed by atoms with E-state index in [1.54, 1.807) is 19.1 Å². The Balaban J connectivity index is 1.48. The molecule has 3 N–H and O–H groups in total. The normalized spacial score (nSPS) is 18.9. The van der Waals surface area contributed by atoms with E-state index in [0.29, 0.717) is 11.3 Å². The van der Waals surface area contributed by atoms with Crippen LogP contribution in [0.2, 0.25) is 5.02 Å². The Hall–Kier alpha value is -5.36. The lowest BCUT2D eigenvalue weighted by molar-refractivity contribution is -0.122. The van der Waals surface area contributed by atoms with Crippen molar-refractivity contribution >= 4 is 40.0 Å². The standard InChI is InChI=1S/C37H37ClN2O10/c1-18-12-24(41)30(35(43)37(18)36(44)31-25(45-2)16-26(46-3)32(38)34(31)50-37)22(20-13-27(47-4)33(49-6)28(14-20)48-5)15-29(42)40-17-19-8-7-9-23-21(19)10-11-39-23/h7-11,13-14,16,18,22,39,43H,12,15,17H2,1-6H3,(H,40,42). The number of H-pyrrole nitrogens is 1. The molecule has 3 aromatic carbocycles. The smallest absolute Gasteiger partial charge is 0.231 e. The molecule has 1 aliphatic carbocycles. The molecule has 6 rings (SSSR count). The summed E-state index contributed by atoms with van der Waals surface area (Å²) < 4.78 is 33.9. The number of aliphatic hydroxyl groups is 1. The minimum absolute atomic E-state index is 0.00460. The summed E-state index contributed by atoms with van der Waals surface area (Å²) >= 11 is 6.63. The van der Waals surface area contributed by atoms with E-state index < -0.39 is 40.7 Å². The number of methoxy groups -OCH3 is 5. The van der Waals surface area contributed by atoms with Gasteiger partial charge in [-0.3, -0.25) is 14.4 Å². The van der Waals surface area contributed by atoms with Gasteiger partial charge in [0.15, 0.2) is 28.8 Å². The fourth-order valence-electron chi connectivity index (χ4n) is 6.98. The number of nitrogens with one attached hydrogen (secondary N) is 2. The molecule has 2 heterocycles. The van der Waals surface area contributed by atoms with Crippen molar-refractivity contribution in [2.75, 3.05) is 35.5 Å². The van der Waals surface area contributed by atoms with Gasteiger partial charge in [0.25, 0.3) is 0 Å². The Labute approximate surface area is 293 Å². The monoisotopic (exact) mass is 704 g/mol. The average Bonchev–Trinajstić information content (AvgIpc) is 3.73. The van der Waals surface area contributed by atoms with Crippen molar-refractivity contribution in [3.63, 3.8) is 0 Å². The number of allylic oxidation sites excluding steroid dienone is 1. The molecule has 4 aromatic rings. The van der Waals surface area contributed by atoms with Crippen LogP contribution < -0.4 is 33.7 Å². The zero-order chi connectivity index (χ0) is 35.9. The quantitative estimate of drug-likeness (QED) is 0.167. The highest BCUT2D eigenvalue weighted by Crippen LogP contribution is 2.56. The fourth-order valence-corrected chi connectivity index (χ4v) is 7.25. The number of aliphatic hydroxyl groups excluding tert-OH is 1. The maximum Gasteiger partial charge on any atom is 0.231 e. The first-order valence-electron chi connectivity index (χ1n) is 15.8. The van der Waals surface area contributed by atoms with Crippen LogP contribution in [0.15, 0.2) is 60.0 Å². The largest absolute Gasteiger partial charge is 0.507 e. The van der Waals surface area contributed by atoms with Gasteiger partial charge in [0, 0.05) is 60.0 Å². The van der Waals surface area contributed by atoms with Crippen LogP contribution in [0.25, 0.3) is 10.9 Å². The highest BCUT2D eigenvalue weighted by molar-refractivity contribution is 6.35. The molecule has 3 atom stereocenters. The number of carbonyl (C=O) groups is 3. The minimum Gasteiger partial charge on any atom is -0.507 e. The van der Waals surface area contributed by atoms with Crippen molar-refractivity contribution < 1.29 is 47.9 Å². The highest BCUT2D eigenvalue weighted by Gasteiger charge is 2.61. The number of aromatic amines is 1. The molecule has 13 heteroatoms. The number of amides is 1. The molecule has 1 amide bonds. The molecule has 0 fully saturated rings. The first-order chi connectivity index (χ1) is 24.0. The van der Waals surface area contributed by atoms with Crippen molar-refractivity contribution in [3.05, 3.63) is 81.7 Å². The molecular weight excluding hydrogens is 668 g/mol. The summed E-state index contributed by atoms with van der Waals surface area (Å²) in [5.41, 5.74) is -0.00855. The number of hydrogen-bond acceptors (Lipinski definition) is 10. The Bertz CT molecular complexity index is 2030. The third-order valence-electron chi connectivity index (χ3n) is 9.50. The third-order valence-corrected chi connectivity index (χ3v) is 9.86. The summed E-state index contributed by atoms with van der Waals surface area (Å²) in [5, 5.41) is 16.2.